The Morgan fingerprint density at radius 2 is 0.774 bits per heavy atom. The quantitative estimate of drug-likeness (QED) is 0.214. The van der Waals surface area contributed by atoms with Gasteiger partial charge in [0.2, 0.25) is 0 Å². The number of ether oxygens (including phenoxy) is 4. The third kappa shape index (κ3) is 9.17. The Morgan fingerprint density at radius 1 is 0.472 bits per heavy atom. The van der Waals surface area contributed by atoms with Gasteiger partial charge in [-0.15, -0.1) is 0 Å². The van der Waals surface area contributed by atoms with Crippen LogP contribution in [0.4, 0.5) is 0 Å². The van der Waals surface area contributed by atoms with E-state index in [9.17, 15) is 19.2 Å². The second-order valence-corrected chi connectivity index (χ2v) is 19.6. The molecule has 2 saturated carbocycles. The summed E-state index contributed by atoms with van der Waals surface area (Å²) in [7, 11) is 0. The maximum Gasteiger partial charge on any atom is 0.338 e. The predicted molar refractivity (Wildman–Crippen MR) is 206 cm³/mol. The number of rotatable bonds is 6. The topological polar surface area (TPSA) is 105 Å². The highest BCUT2D eigenvalue weighted by Gasteiger charge is 2.55. The fraction of sp³-hybridized carbons (Fsp3) is 0.644. The lowest BCUT2D eigenvalue weighted by atomic mass is 9.53. The smallest absolute Gasteiger partial charge is 0.338 e. The van der Waals surface area contributed by atoms with E-state index < -0.39 is 27.8 Å². The highest BCUT2D eigenvalue weighted by atomic mass is 16.6. The minimum atomic E-state index is -0.668. The second kappa shape index (κ2) is 14.5. The van der Waals surface area contributed by atoms with E-state index in [0.29, 0.717) is 36.8 Å². The normalized spacial score (nSPS) is 22.9. The van der Waals surface area contributed by atoms with E-state index in [2.05, 4.69) is 0 Å². The van der Waals surface area contributed by atoms with Gasteiger partial charge in [-0.1, -0.05) is 12.1 Å². The standard InChI is InChI=1S/C45H62O8/c1-41(2,3)50-37(46)27-13-19-31(20-14-27)45(32-21-15-28(16-22-32)38(47)51-42(4,5)6)35-25-29(39(48)52-43(7,8)9)17-23-33(35)34-24-18-30(26-36(34)45)40(49)53-44(10,11)12/h17-18,23-28,31-32H,13-16,19-22H2,1-12H3. The molecule has 5 rings (SSSR count). The van der Waals surface area contributed by atoms with Gasteiger partial charge >= 0.3 is 23.9 Å². The molecule has 0 bridgehead atoms. The molecule has 8 nitrogen and oxygen atoms in total. The molecule has 8 heteroatoms. The Bertz CT molecular complexity index is 1580. The summed E-state index contributed by atoms with van der Waals surface area (Å²) >= 11 is 0. The zero-order valence-electron chi connectivity index (χ0n) is 34.2. The van der Waals surface area contributed by atoms with Gasteiger partial charge < -0.3 is 18.9 Å². The molecule has 0 atom stereocenters. The fourth-order valence-electron chi connectivity index (χ4n) is 8.87. The first-order valence-electron chi connectivity index (χ1n) is 19.6. The van der Waals surface area contributed by atoms with Crippen molar-refractivity contribution in [3.8, 4) is 11.1 Å². The van der Waals surface area contributed by atoms with Gasteiger partial charge in [0.1, 0.15) is 22.4 Å². The van der Waals surface area contributed by atoms with E-state index in [1.165, 1.54) is 0 Å². The van der Waals surface area contributed by atoms with Crippen LogP contribution in [0.15, 0.2) is 36.4 Å². The fourth-order valence-corrected chi connectivity index (χ4v) is 8.87. The van der Waals surface area contributed by atoms with Gasteiger partial charge in [-0.25, -0.2) is 9.59 Å². The number of fused-ring (bicyclic) bond motifs is 3. The Labute approximate surface area is 317 Å². The van der Waals surface area contributed by atoms with Crippen molar-refractivity contribution in [2.24, 2.45) is 23.7 Å². The highest BCUT2D eigenvalue weighted by Crippen LogP contribution is 2.63. The van der Waals surface area contributed by atoms with Crippen LogP contribution >= 0.6 is 0 Å². The van der Waals surface area contributed by atoms with Crippen molar-refractivity contribution in [3.63, 3.8) is 0 Å². The molecule has 290 valence electrons. The number of hydrogen-bond donors (Lipinski definition) is 0. The number of carbonyl (C=O) groups excluding carboxylic acids is 4. The van der Waals surface area contributed by atoms with Gasteiger partial charge in [0, 0.05) is 5.41 Å². The molecule has 0 amide bonds. The van der Waals surface area contributed by atoms with Crippen molar-refractivity contribution in [2.45, 2.75) is 162 Å². The first kappa shape index (κ1) is 40.5. The van der Waals surface area contributed by atoms with Crippen LogP contribution in [0.2, 0.25) is 0 Å². The molecule has 0 radical (unpaired) electrons. The van der Waals surface area contributed by atoms with Crippen molar-refractivity contribution < 1.29 is 38.1 Å². The second-order valence-electron chi connectivity index (χ2n) is 19.6. The third-order valence-electron chi connectivity index (χ3n) is 10.7. The van der Waals surface area contributed by atoms with Gasteiger partial charge in [0.05, 0.1) is 23.0 Å². The molecular formula is C45H62O8. The van der Waals surface area contributed by atoms with Gasteiger partial charge in [-0.3, -0.25) is 9.59 Å². The Hall–Kier alpha value is -3.68. The zero-order chi connectivity index (χ0) is 39.3. The monoisotopic (exact) mass is 730 g/mol. The summed E-state index contributed by atoms with van der Waals surface area (Å²) < 4.78 is 23.4. The summed E-state index contributed by atoms with van der Waals surface area (Å²) in [5, 5.41) is 0. The van der Waals surface area contributed by atoms with Gasteiger partial charge in [0.25, 0.3) is 0 Å². The molecule has 3 aliphatic carbocycles. The van der Waals surface area contributed by atoms with Crippen LogP contribution in [-0.4, -0.2) is 46.3 Å². The van der Waals surface area contributed by atoms with Crippen LogP contribution in [0.1, 0.15) is 166 Å². The van der Waals surface area contributed by atoms with Crippen molar-refractivity contribution in [1.29, 1.82) is 0 Å². The van der Waals surface area contributed by atoms with Crippen molar-refractivity contribution >= 4 is 23.9 Å². The zero-order valence-corrected chi connectivity index (χ0v) is 34.2. The molecule has 0 unspecified atom stereocenters. The Kier molecular flexibility index (Phi) is 11.1. The summed E-state index contributed by atoms with van der Waals surface area (Å²) in [5.41, 5.74) is 2.06. The lowest BCUT2D eigenvalue weighted by Crippen LogP contribution is -2.46. The van der Waals surface area contributed by atoms with Crippen molar-refractivity contribution in [2.75, 3.05) is 0 Å². The van der Waals surface area contributed by atoms with Crippen LogP contribution in [0.5, 0.6) is 0 Å². The van der Waals surface area contributed by atoms with Crippen LogP contribution in [-0.2, 0) is 34.0 Å². The number of hydrogen-bond acceptors (Lipinski definition) is 8. The average Bonchev–Trinajstić information content (AvgIpc) is 3.31. The number of esters is 4. The molecule has 0 spiro atoms. The van der Waals surface area contributed by atoms with E-state index >= 15 is 0 Å². The van der Waals surface area contributed by atoms with Crippen LogP contribution in [0.25, 0.3) is 11.1 Å². The third-order valence-corrected chi connectivity index (χ3v) is 10.7. The molecule has 53 heavy (non-hydrogen) atoms. The molecule has 0 aliphatic heterocycles. The van der Waals surface area contributed by atoms with Crippen LogP contribution in [0, 0.1) is 23.7 Å². The minimum absolute atomic E-state index is 0.0898. The summed E-state index contributed by atoms with van der Waals surface area (Å²) in [5.74, 6) is -1.31. The summed E-state index contributed by atoms with van der Waals surface area (Å²) in [6.07, 6.45) is 5.77. The van der Waals surface area contributed by atoms with E-state index in [0.717, 1.165) is 47.9 Å². The molecule has 0 N–H and O–H groups in total. The van der Waals surface area contributed by atoms with Gasteiger partial charge in [0.15, 0.2) is 0 Å². The van der Waals surface area contributed by atoms with E-state index in [-0.39, 0.29) is 47.5 Å². The summed E-state index contributed by atoms with van der Waals surface area (Å²) in [4.78, 5) is 53.9. The molecule has 2 aromatic carbocycles. The van der Waals surface area contributed by atoms with E-state index in [1.54, 1.807) is 0 Å². The van der Waals surface area contributed by atoms with Crippen LogP contribution < -0.4 is 0 Å². The molecule has 2 fully saturated rings. The van der Waals surface area contributed by atoms with E-state index in [1.807, 2.05) is 119 Å². The minimum Gasteiger partial charge on any atom is -0.460 e. The van der Waals surface area contributed by atoms with E-state index in [4.69, 9.17) is 18.9 Å². The molecule has 0 aromatic heterocycles. The SMILES string of the molecule is CC(C)(C)OC(=O)c1ccc2c(c1)C(C1CCC(C(=O)OC(C)(C)C)CC1)(C1CCC(C(=O)OC(C)(C)C)CC1)c1cc(C(=O)OC(C)(C)C)ccc1-2. The molecule has 3 aliphatic rings. The summed E-state index contributed by atoms with van der Waals surface area (Å²) in [6, 6.07) is 11.8. The van der Waals surface area contributed by atoms with Gasteiger partial charge in [-0.05, 0) is 193 Å². The highest BCUT2D eigenvalue weighted by molar-refractivity contribution is 5.95. The maximum atomic E-state index is 13.7. The summed E-state index contributed by atoms with van der Waals surface area (Å²) in [6.45, 7) is 22.6. The number of carbonyl (C=O) groups is 4. The molecule has 0 heterocycles. The predicted octanol–water partition coefficient (Wildman–Crippen LogP) is 10.2. The Morgan fingerprint density at radius 3 is 1.06 bits per heavy atom. The molecular weight excluding hydrogens is 668 g/mol. The maximum absolute atomic E-state index is 13.7. The number of benzene rings is 2. The lowest BCUT2D eigenvalue weighted by molar-refractivity contribution is -0.162. The first-order valence-corrected chi connectivity index (χ1v) is 19.6. The van der Waals surface area contributed by atoms with Crippen molar-refractivity contribution in [3.05, 3.63) is 58.7 Å². The lowest BCUT2D eigenvalue weighted by Gasteiger charge is -2.50. The Balaban J connectivity index is 1.66. The average molecular weight is 731 g/mol. The molecule has 0 saturated heterocycles. The van der Waals surface area contributed by atoms with Gasteiger partial charge in [-0.2, -0.15) is 0 Å². The largest absolute Gasteiger partial charge is 0.460 e. The molecule has 2 aromatic rings. The first-order chi connectivity index (χ1) is 24.4. The van der Waals surface area contributed by atoms with Crippen molar-refractivity contribution in [1.82, 2.24) is 0 Å². The van der Waals surface area contributed by atoms with Crippen LogP contribution in [0.3, 0.4) is 0 Å².